The largest absolute Gasteiger partial charge is 0.444 e. The second-order valence-corrected chi connectivity index (χ2v) is 6.46. The van der Waals surface area contributed by atoms with Gasteiger partial charge in [-0.25, -0.2) is 9.59 Å². The molecule has 3 N–H and O–H groups in total. The molecule has 1 saturated heterocycles. The van der Waals surface area contributed by atoms with Gasteiger partial charge in [-0.1, -0.05) is 0 Å². The number of carbonyl (C=O) groups excluding carboxylic acids is 3. The van der Waals surface area contributed by atoms with Gasteiger partial charge in [-0.2, -0.15) is 5.10 Å². The van der Waals surface area contributed by atoms with E-state index >= 15 is 0 Å². The van der Waals surface area contributed by atoms with Gasteiger partial charge in [-0.3, -0.25) is 14.8 Å². The molecule has 1 unspecified atom stereocenters. The number of hydrogen-bond acceptors (Lipinski definition) is 5. The third-order valence-electron chi connectivity index (χ3n) is 3.28. The van der Waals surface area contributed by atoms with Gasteiger partial charge < -0.3 is 15.4 Å². The molecule has 1 aromatic heterocycles. The van der Waals surface area contributed by atoms with Gasteiger partial charge in [-0.15, -0.1) is 0 Å². The van der Waals surface area contributed by atoms with E-state index in [9.17, 15) is 14.4 Å². The quantitative estimate of drug-likeness (QED) is 0.692. The first-order valence-corrected chi connectivity index (χ1v) is 7.15. The Balaban J connectivity index is 2.26. The van der Waals surface area contributed by atoms with Gasteiger partial charge in [0.05, 0.1) is 17.9 Å². The maximum absolute atomic E-state index is 12.3. The molecule has 1 aliphatic heterocycles. The average Bonchev–Trinajstić information content (AvgIpc) is 2.85. The van der Waals surface area contributed by atoms with Crippen molar-refractivity contribution >= 4 is 18.0 Å². The van der Waals surface area contributed by atoms with Gasteiger partial charge >= 0.3 is 12.1 Å². The molecule has 0 bridgehead atoms. The number of alkyl carbamates (subject to hydrolysis) is 1. The van der Waals surface area contributed by atoms with E-state index < -0.39 is 29.2 Å². The lowest BCUT2D eigenvalue weighted by atomic mass is 9.94. The number of rotatable bonds is 3. The van der Waals surface area contributed by atoms with Crippen molar-refractivity contribution in [2.45, 2.75) is 38.8 Å². The molecule has 9 nitrogen and oxygen atoms in total. The van der Waals surface area contributed by atoms with Crippen molar-refractivity contribution in [3.8, 4) is 0 Å². The Kier molecular flexibility index (Phi) is 4.06. The molecule has 23 heavy (non-hydrogen) atoms. The number of imide groups is 1. The zero-order valence-corrected chi connectivity index (χ0v) is 13.8. The molecule has 0 saturated carbocycles. The van der Waals surface area contributed by atoms with Gasteiger partial charge in [-0.05, 0) is 33.8 Å². The second-order valence-electron chi connectivity index (χ2n) is 6.46. The van der Waals surface area contributed by atoms with Crippen LogP contribution in [-0.4, -0.2) is 40.0 Å². The van der Waals surface area contributed by atoms with Crippen LogP contribution >= 0.6 is 0 Å². The highest BCUT2D eigenvalue weighted by molar-refractivity contribution is 6.07. The van der Waals surface area contributed by atoms with Crippen LogP contribution in [-0.2, 0) is 22.1 Å². The summed E-state index contributed by atoms with van der Waals surface area (Å²) >= 11 is 0. The molecule has 2 rings (SSSR count). The predicted molar refractivity (Wildman–Crippen MR) is 80.5 cm³/mol. The summed E-state index contributed by atoms with van der Waals surface area (Å²) in [7, 11) is 1.66. The topological polar surface area (TPSA) is 114 Å². The van der Waals surface area contributed by atoms with Crippen molar-refractivity contribution in [3.63, 3.8) is 0 Å². The van der Waals surface area contributed by atoms with E-state index in [0.29, 0.717) is 11.4 Å². The van der Waals surface area contributed by atoms with Crippen molar-refractivity contribution in [1.29, 1.82) is 0 Å². The molecule has 2 heterocycles. The van der Waals surface area contributed by atoms with Gasteiger partial charge in [0.15, 0.2) is 5.54 Å². The lowest BCUT2D eigenvalue weighted by molar-refractivity contribution is -0.124. The summed E-state index contributed by atoms with van der Waals surface area (Å²) in [5, 5.41) is 11.5. The van der Waals surface area contributed by atoms with E-state index in [0.717, 1.165) is 0 Å². The minimum atomic E-state index is -1.43. The summed E-state index contributed by atoms with van der Waals surface area (Å²) < 4.78 is 6.66. The Labute approximate surface area is 133 Å². The van der Waals surface area contributed by atoms with Crippen LogP contribution in [0.2, 0.25) is 0 Å². The first-order chi connectivity index (χ1) is 10.5. The molecule has 4 amide bonds. The van der Waals surface area contributed by atoms with Crippen LogP contribution in [0.4, 0.5) is 9.59 Å². The first kappa shape index (κ1) is 16.8. The van der Waals surface area contributed by atoms with Gasteiger partial charge in [0.1, 0.15) is 5.60 Å². The van der Waals surface area contributed by atoms with Crippen LogP contribution in [0.5, 0.6) is 0 Å². The molecular formula is C14H21N5O4. The third-order valence-corrected chi connectivity index (χ3v) is 3.28. The van der Waals surface area contributed by atoms with Crippen LogP contribution in [0.15, 0.2) is 6.07 Å². The van der Waals surface area contributed by atoms with Crippen LogP contribution in [0.3, 0.4) is 0 Å². The SMILES string of the molecule is Cc1cc(C2(CNC(=O)OC(C)(C)C)NC(=O)NC2=O)n(C)n1. The summed E-state index contributed by atoms with van der Waals surface area (Å²) in [4.78, 5) is 35.8. The van der Waals surface area contributed by atoms with Crippen LogP contribution < -0.4 is 16.0 Å². The van der Waals surface area contributed by atoms with Crippen LogP contribution in [0, 0.1) is 6.92 Å². The molecule has 9 heteroatoms. The zero-order chi connectivity index (χ0) is 17.4. The minimum Gasteiger partial charge on any atom is -0.444 e. The van der Waals surface area contributed by atoms with Gasteiger partial charge in [0.25, 0.3) is 5.91 Å². The normalized spacial score (nSPS) is 20.9. The standard InChI is InChI=1S/C14H21N5O4/c1-8-6-9(19(5)18-8)14(10(20)16-11(21)17-14)7-15-12(22)23-13(2,3)4/h6H,7H2,1-5H3,(H,15,22)(H2,16,17,20,21). The molecule has 0 radical (unpaired) electrons. The number of ether oxygens (including phenoxy) is 1. The Morgan fingerprint density at radius 1 is 1.43 bits per heavy atom. The van der Waals surface area contributed by atoms with Crippen molar-refractivity contribution in [2.75, 3.05) is 6.54 Å². The number of nitrogens with one attached hydrogen (secondary N) is 3. The van der Waals surface area contributed by atoms with Crippen LogP contribution in [0.1, 0.15) is 32.2 Å². The zero-order valence-electron chi connectivity index (χ0n) is 13.8. The second kappa shape index (κ2) is 5.56. The van der Waals surface area contributed by atoms with E-state index in [2.05, 4.69) is 21.0 Å². The fourth-order valence-corrected chi connectivity index (χ4v) is 2.42. The summed E-state index contributed by atoms with van der Waals surface area (Å²) in [6.07, 6.45) is -0.676. The number of urea groups is 1. The lowest BCUT2D eigenvalue weighted by Crippen LogP contribution is -2.54. The number of carbonyl (C=O) groups is 3. The number of aromatic nitrogens is 2. The number of nitrogens with zero attached hydrogens (tertiary/aromatic N) is 2. The minimum absolute atomic E-state index is 0.154. The molecule has 126 valence electrons. The highest BCUT2D eigenvalue weighted by Crippen LogP contribution is 2.25. The molecule has 1 atom stereocenters. The molecule has 1 fully saturated rings. The van der Waals surface area contributed by atoms with E-state index in [1.54, 1.807) is 40.8 Å². The summed E-state index contributed by atoms with van der Waals surface area (Å²) in [5.74, 6) is -0.554. The maximum atomic E-state index is 12.3. The Bertz CT molecular complexity index is 661. The summed E-state index contributed by atoms with van der Waals surface area (Å²) in [6.45, 7) is 6.82. The predicted octanol–water partition coefficient (Wildman–Crippen LogP) is 0.288. The van der Waals surface area contributed by atoms with Gasteiger partial charge in [0, 0.05) is 7.05 Å². The average molecular weight is 323 g/mol. The first-order valence-electron chi connectivity index (χ1n) is 7.15. The van der Waals surface area contributed by atoms with Gasteiger partial charge in [0.2, 0.25) is 0 Å². The Hall–Kier alpha value is -2.58. The van der Waals surface area contributed by atoms with Crippen molar-refractivity contribution < 1.29 is 19.1 Å². The van der Waals surface area contributed by atoms with Crippen molar-refractivity contribution in [3.05, 3.63) is 17.5 Å². The Morgan fingerprint density at radius 2 is 2.09 bits per heavy atom. The smallest absolute Gasteiger partial charge is 0.407 e. The Morgan fingerprint density at radius 3 is 2.52 bits per heavy atom. The highest BCUT2D eigenvalue weighted by Gasteiger charge is 2.50. The van der Waals surface area contributed by atoms with Crippen LogP contribution in [0.25, 0.3) is 0 Å². The maximum Gasteiger partial charge on any atom is 0.407 e. The van der Waals surface area contributed by atoms with E-state index in [1.807, 2.05) is 0 Å². The van der Waals surface area contributed by atoms with E-state index in [4.69, 9.17) is 4.74 Å². The number of hydrogen-bond donors (Lipinski definition) is 3. The molecular weight excluding hydrogens is 302 g/mol. The molecule has 0 aromatic carbocycles. The molecule has 0 aliphatic carbocycles. The number of amides is 4. The molecule has 1 aliphatic rings. The number of aryl methyl sites for hydroxylation is 2. The van der Waals surface area contributed by atoms with E-state index in [-0.39, 0.29) is 6.54 Å². The molecule has 1 aromatic rings. The highest BCUT2D eigenvalue weighted by atomic mass is 16.6. The monoisotopic (exact) mass is 323 g/mol. The molecule has 0 spiro atoms. The van der Waals surface area contributed by atoms with E-state index in [1.165, 1.54) is 4.68 Å². The summed E-state index contributed by atoms with van der Waals surface area (Å²) in [6, 6.07) is 1.06. The van der Waals surface area contributed by atoms with Crippen molar-refractivity contribution in [2.24, 2.45) is 7.05 Å². The van der Waals surface area contributed by atoms with Crippen molar-refractivity contribution in [1.82, 2.24) is 25.7 Å². The fraction of sp³-hybridized carbons (Fsp3) is 0.571. The third kappa shape index (κ3) is 3.43. The fourth-order valence-electron chi connectivity index (χ4n) is 2.42. The lowest BCUT2D eigenvalue weighted by Gasteiger charge is -2.27. The summed E-state index contributed by atoms with van der Waals surface area (Å²) in [5.41, 5.74) is -0.937.